The highest BCUT2D eigenvalue weighted by atomic mass is 32.1. The molecule has 3 aromatic heterocycles. The van der Waals surface area contributed by atoms with Gasteiger partial charge in [0, 0.05) is 30.3 Å². The Morgan fingerprint density at radius 3 is 2.59 bits per heavy atom. The molecule has 6 heteroatoms. The number of pyridine rings is 2. The van der Waals surface area contributed by atoms with Crippen molar-refractivity contribution in [1.29, 1.82) is 0 Å². The van der Waals surface area contributed by atoms with Crippen LogP contribution in [0.4, 0.5) is 0 Å². The van der Waals surface area contributed by atoms with Gasteiger partial charge in [0.2, 0.25) is 0 Å². The molecule has 1 aliphatic heterocycles. The third-order valence-corrected chi connectivity index (χ3v) is 5.93. The molecule has 0 amide bonds. The molecule has 1 saturated heterocycles. The van der Waals surface area contributed by atoms with Gasteiger partial charge in [-0.05, 0) is 74.8 Å². The van der Waals surface area contributed by atoms with Crippen LogP contribution in [-0.2, 0) is 0 Å². The Kier molecular flexibility index (Phi) is 5.37. The zero-order valence-electron chi connectivity index (χ0n) is 17.4. The first-order valence-electron chi connectivity index (χ1n) is 10.1. The maximum atomic E-state index is 5.72. The second-order valence-corrected chi connectivity index (χ2v) is 8.06. The van der Waals surface area contributed by atoms with Crippen LogP contribution in [0.5, 0.6) is 0 Å². The van der Waals surface area contributed by atoms with Crippen LogP contribution in [0.1, 0.15) is 53.6 Å². The van der Waals surface area contributed by atoms with E-state index in [0.717, 1.165) is 35.2 Å². The maximum Gasteiger partial charge on any atom is 0.170 e. The Hall–Kier alpha value is -2.73. The van der Waals surface area contributed by atoms with E-state index in [4.69, 9.17) is 12.2 Å². The molecule has 0 radical (unpaired) electrons. The van der Waals surface area contributed by atoms with E-state index in [-0.39, 0.29) is 12.1 Å². The summed E-state index contributed by atoms with van der Waals surface area (Å²) < 4.78 is 2.23. The minimum atomic E-state index is 0.0233. The lowest BCUT2D eigenvalue weighted by Crippen LogP contribution is -2.30. The molecule has 2 atom stereocenters. The Balaban J connectivity index is 1.82. The van der Waals surface area contributed by atoms with Crippen molar-refractivity contribution < 1.29 is 0 Å². The molecule has 4 rings (SSSR count). The van der Waals surface area contributed by atoms with Gasteiger partial charge in [-0.15, -0.1) is 0 Å². The normalized spacial score (nSPS) is 18.9. The van der Waals surface area contributed by atoms with Crippen molar-refractivity contribution in [3.8, 4) is 5.82 Å². The van der Waals surface area contributed by atoms with E-state index in [1.165, 1.54) is 17.0 Å². The minimum absolute atomic E-state index is 0.0233. The number of nitrogens with zero attached hydrogens (tertiary/aromatic N) is 4. The Bertz CT molecular complexity index is 1010. The summed E-state index contributed by atoms with van der Waals surface area (Å²) in [4.78, 5) is 11.6. The molecule has 0 aliphatic carbocycles. The molecule has 150 valence electrons. The highest BCUT2D eigenvalue weighted by Gasteiger charge is 2.40. The van der Waals surface area contributed by atoms with Crippen molar-refractivity contribution >= 4 is 17.3 Å². The number of hydrogen-bond donors (Lipinski definition) is 1. The molecule has 5 nitrogen and oxygen atoms in total. The van der Waals surface area contributed by atoms with Gasteiger partial charge < -0.3 is 14.8 Å². The zero-order chi connectivity index (χ0) is 20.5. The van der Waals surface area contributed by atoms with Crippen LogP contribution in [-0.4, -0.2) is 31.1 Å². The summed E-state index contributed by atoms with van der Waals surface area (Å²) in [6.45, 7) is 9.46. The molecule has 0 spiro atoms. The van der Waals surface area contributed by atoms with Crippen LogP contribution >= 0.6 is 12.2 Å². The smallest absolute Gasteiger partial charge is 0.170 e. The second-order valence-electron chi connectivity index (χ2n) is 7.68. The van der Waals surface area contributed by atoms with Crippen molar-refractivity contribution in [2.24, 2.45) is 0 Å². The van der Waals surface area contributed by atoms with E-state index in [1.54, 1.807) is 0 Å². The van der Waals surface area contributed by atoms with E-state index in [9.17, 15) is 0 Å². The molecular formula is C23H27N5S. The third kappa shape index (κ3) is 3.53. The average Bonchev–Trinajstić information content (AvgIpc) is 3.20. The van der Waals surface area contributed by atoms with Crippen LogP contribution in [0.15, 0.2) is 48.8 Å². The standard InChI is InChI=1S/C23H27N5S/c1-5-12-27-22(21(26-23(27)29)19-8-6-7-11-24-19)18-13-16(3)28(17(18)4)20-10-9-15(2)14-25-20/h6-11,13-14,21-22H,5,12H2,1-4H3,(H,26,29). The number of thiocarbonyl (C=S) groups is 1. The fourth-order valence-corrected chi connectivity index (χ4v) is 4.59. The third-order valence-electron chi connectivity index (χ3n) is 5.58. The first kappa shape index (κ1) is 19.6. The summed E-state index contributed by atoms with van der Waals surface area (Å²) in [5, 5.41) is 4.32. The summed E-state index contributed by atoms with van der Waals surface area (Å²) in [5.74, 6) is 0.946. The van der Waals surface area contributed by atoms with E-state index < -0.39 is 0 Å². The lowest BCUT2D eigenvalue weighted by atomic mass is 9.96. The predicted molar refractivity (Wildman–Crippen MR) is 120 cm³/mol. The van der Waals surface area contributed by atoms with Crippen molar-refractivity contribution in [2.75, 3.05) is 6.54 Å². The van der Waals surface area contributed by atoms with Gasteiger partial charge in [-0.2, -0.15) is 0 Å². The fraction of sp³-hybridized carbons (Fsp3) is 0.348. The van der Waals surface area contributed by atoms with Crippen molar-refractivity contribution in [3.05, 3.63) is 77.0 Å². The number of aromatic nitrogens is 3. The molecule has 1 fully saturated rings. The van der Waals surface area contributed by atoms with Crippen molar-refractivity contribution in [2.45, 2.75) is 46.2 Å². The number of rotatable bonds is 5. The van der Waals surface area contributed by atoms with Crippen LogP contribution in [0, 0.1) is 20.8 Å². The Morgan fingerprint density at radius 2 is 1.93 bits per heavy atom. The molecule has 29 heavy (non-hydrogen) atoms. The second kappa shape index (κ2) is 7.95. The summed E-state index contributed by atoms with van der Waals surface area (Å²) in [7, 11) is 0. The highest BCUT2D eigenvalue weighted by Crippen LogP contribution is 2.41. The van der Waals surface area contributed by atoms with Crippen LogP contribution < -0.4 is 5.32 Å². The number of aryl methyl sites for hydroxylation is 2. The maximum absolute atomic E-state index is 5.72. The zero-order valence-corrected chi connectivity index (χ0v) is 18.2. The van der Waals surface area contributed by atoms with Gasteiger partial charge in [-0.3, -0.25) is 4.98 Å². The monoisotopic (exact) mass is 405 g/mol. The lowest BCUT2D eigenvalue weighted by Gasteiger charge is -2.27. The van der Waals surface area contributed by atoms with Gasteiger partial charge >= 0.3 is 0 Å². The highest BCUT2D eigenvalue weighted by molar-refractivity contribution is 7.80. The predicted octanol–water partition coefficient (Wildman–Crippen LogP) is 4.58. The van der Waals surface area contributed by atoms with Gasteiger partial charge in [-0.25, -0.2) is 4.98 Å². The van der Waals surface area contributed by atoms with E-state index in [0.29, 0.717) is 0 Å². The Labute approximate surface area is 177 Å². The largest absolute Gasteiger partial charge is 0.352 e. The van der Waals surface area contributed by atoms with Crippen molar-refractivity contribution in [1.82, 2.24) is 24.8 Å². The molecule has 0 saturated carbocycles. The summed E-state index contributed by atoms with van der Waals surface area (Å²) >= 11 is 5.72. The molecule has 0 aromatic carbocycles. The van der Waals surface area contributed by atoms with E-state index in [2.05, 4.69) is 76.7 Å². The first-order chi connectivity index (χ1) is 14.0. The summed E-state index contributed by atoms with van der Waals surface area (Å²) in [6.07, 6.45) is 4.80. The van der Waals surface area contributed by atoms with Crippen LogP contribution in [0.3, 0.4) is 0 Å². The topological polar surface area (TPSA) is 46.0 Å². The minimum Gasteiger partial charge on any atom is -0.352 e. The quantitative estimate of drug-likeness (QED) is 0.630. The van der Waals surface area contributed by atoms with Gasteiger partial charge in [0.15, 0.2) is 5.11 Å². The van der Waals surface area contributed by atoms with Crippen molar-refractivity contribution in [3.63, 3.8) is 0 Å². The molecule has 1 N–H and O–H groups in total. The van der Waals surface area contributed by atoms with E-state index in [1.807, 2.05) is 24.5 Å². The molecule has 0 bridgehead atoms. The van der Waals surface area contributed by atoms with E-state index >= 15 is 0 Å². The van der Waals surface area contributed by atoms with Gasteiger partial charge in [0.05, 0.1) is 17.8 Å². The number of hydrogen-bond acceptors (Lipinski definition) is 3. The van der Waals surface area contributed by atoms with Gasteiger partial charge in [0.1, 0.15) is 5.82 Å². The average molecular weight is 406 g/mol. The SMILES string of the molecule is CCCN1C(=S)NC(c2ccccn2)C1c1cc(C)n(-c2ccc(C)cn2)c1C. The Morgan fingerprint density at radius 1 is 1.10 bits per heavy atom. The summed E-state index contributed by atoms with van der Waals surface area (Å²) in [6, 6.07) is 12.6. The molecular weight excluding hydrogens is 378 g/mol. The van der Waals surface area contributed by atoms with Gasteiger partial charge in [-0.1, -0.05) is 19.1 Å². The molecule has 3 aromatic rings. The molecule has 1 aliphatic rings. The fourth-order valence-electron chi connectivity index (χ4n) is 4.26. The first-order valence-corrected chi connectivity index (χ1v) is 10.5. The van der Waals surface area contributed by atoms with Crippen LogP contribution in [0.2, 0.25) is 0 Å². The van der Waals surface area contributed by atoms with Crippen LogP contribution in [0.25, 0.3) is 5.82 Å². The summed E-state index contributed by atoms with van der Waals surface area (Å²) in [5.41, 5.74) is 5.80. The number of nitrogens with one attached hydrogen (secondary N) is 1. The van der Waals surface area contributed by atoms with Gasteiger partial charge in [0.25, 0.3) is 0 Å². The molecule has 4 heterocycles. The molecule has 2 unspecified atom stereocenters. The lowest BCUT2D eigenvalue weighted by molar-refractivity contribution is 0.316.